The van der Waals surface area contributed by atoms with Crippen LogP contribution in [0.1, 0.15) is 44.9 Å². The van der Waals surface area contributed by atoms with Gasteiger partial charge in [-0.05, 0) is 50.9 Å². The molecule has 7 heteroatoms. The van der Waals surface area contributed by atoms with Crippen molar-refractivity contribution in [2.45, 2.75) is 56.5 Å². The maximum absolute atomic E-state index is 14.3. The van der Waals surface area contributed by atoms with Crippen molar-refractivity contribution >= 4 is 11.8 Å². The molecule has 3 aliphatic rings. The van der Waals surface area contributed by atoms with Crippen LogP contribution < -0.4 is 5.32 Å². The van der Waals surface area contributed by atoms with Gasteiger partial charge in [-0.1, -0.05) is 0 Å². The van der Waals surface area contributed by atoms with Crippen molar-refractivity contribution < 1.29 is 23.5 Å². The summed E-state index contributed by atoms with van der Waals surface area (Å²) in [6.07, 6.45) is 3.79. The molecule has 5 nitrogen and oxygen atoms in total. The van der Waals surface area contributed by atoms with Crippen molar-refractivity contribution in [3.8, 4) is 0 Å². The summed E-state index contributed by atoms with van der Waals surface area (Å²) in [5.41, 5.74) is -2.20. The summed E-state index contributed by atoms with van der Waals surface area (Å²) >= 11 is 0. The Balaban J connectivity index is 1.58. The maximum Gasteiger partial charge on any atom is 0.352 e. The Bertz CT molecular complexity index is 490. The molecule has 0 bridgehead atoms. The molecular formula is C16H24F2N2O3. The largest absolute Gasteiger partial charge is 0.383 e. The lowest BCUT2D eigenvalue weighted by Crippen LogP contribution is -2.62. The number of amides is 2. The molecule has 1 aliphatic heterocycles. The van der Waals surface area contributed by atoms with Gasteiger partial charge < -0.3 is 15.3 Å². The summed E-state index contributed by atoms with van der Waals surface area (Å²) in [5, 5.41) is 12.7. The summed E-state index contributed by atoms with van der Waals surface area (Å²) in [4.78, 5) is 25.4. The molecule has 0 radical (unpaired) electrons. The van der Waals surface area contributed by atoms with Gasteiger partial charge in [0.2, 0.25) is 5.91 Å². The lowest BCUT2D eigenvalue weighted by molar-refractivity contribution is -0.224. The average Bonchev–Trinajstić information content (AvgIpc) is 3.33. The maximum atomic E-state index is 14.3. The predicted molar refractivity (Wildman–Crippen MR) is 78.8 cm³/mol. The quantitative estimate of drug-likeness (QED) is 0.798. The first kappa shape index (κ1) is 16.6. The van der Waals surface area contributed by atoms with E-state index in [1.54, 1.807) is 0 Å². The minimum atomic E-state index is -3.77. The van der Waals surface area contributed by atoms with E-state index in [2.05, 4.69) is 5.32 Å². The lowest BCUT2D eigenvalue weighted by atomic mass is 9.74. The third kappa shape index (κ3) is 3.20. The minimum absolute atomic E-state index is 0.0149. The van der Waals surface area contributed by atoms with Crippen molar-refractivity contribution in [1.29, 1.82) is 0 Å². The molecule has 23 heavy (non-hydrogen) atoms. The molecular weight excluding hydrogens is 306 g/mol. The molecule has 2 amide bonds. The second-order valence-electron chi connectivity index (χ2n) is 7.24. The predicted octanol–water partition coefficient (Wildman–Crippen LogP) is 1.30. The van der Waals surface area contributed by atoms with Crippen molar-refractivity contribution in [3.05, 3.63) is 0 Å². The Kier molecular flexibility index (Phi) is 4.33. The molecule has 1 heterocycles. The highest BCUT2D eigenvalue weighted by atomic mass is 19.3. The van der Waals surface area contributed by atoms with Crippen LogP contribution >= 0.6 is 0 Å². The van der Waals surface area contributed by atoms with Crippen LogP contribution in [0.2, 0.25) is 0 Å². The van der Waals surface area contributed by atoms with Crippen molar-refractivity contribution in [1.82, 2.24) is 10.2 Å². The molecule has 0 aromatic carbocycles. The van der Waals surface area contributed by atoms with Crippen LogP contribution in [0.5, 0.6) is 0 Å². The second-order valence-corrected chi connectivity index (χ2v) is 7.24. The number of rotatable bonds is 5. The standard InChI is InChI=1S/C16H24F2N2O3/c17-16(18,15(23)6-2-7-15)14(22)20-8-1-3-12(10-20)13(21)19-9-11-4-5-11/h11-12,23H,1-10H2,(H,19,21). The molecule has 0 spiro atoms. The minimum Gasteiger partial charge on any atom is -0.383 e. The number of hydrogen-bond acceptors (Lipinski definition) is 3. The van der Waals surface area contributed by atoms with E-state index in [1.165, 1.54) is 0 Å². The third-order valence-electron chi connectivity index (χ3n) is 5.38. The average molecular weight is 330 g/mol. The van der Waals surface area contributed by atoms with E-state index in [9.17, 15) is 23.5 Å². The highest BCUT2D eigenvalue weighted by Gasteiger charge is 2.62. The number of nitrogens with zero attached hydrogens (tertiary/aromatic N) is 1. The number of piperidine rings is 1. The molecule has 1 unspecified atom stereocenters. The van der Waals surface area contributed by atoms with Crippen LogP contribution in [0, 0.1) is 11.8 Å². The number of aliphatic hydroxyl groups is 1. The summed E-state index contributed by atoms with van der Waals surface area (Å²) in [6, 6.07) is 0. The van der Waals surface area contributed by atoms with E-state index < -0.39 is 23.3 Å². The number of hydrogen-bond donors (Lipinski definition) is 2. The molecule has 3 fully saturated rings. The fraction of sp³-hybridized carbons (Fsp3) is 0.875. The second kappa shape index (κ2) is 6.00. The van der Waals surface area contributed by atoms with Gasteiger partial charge in [0, 0.05) is 19.6 Å². The van der Waals surface area contributed by atoms with E-state index in [4.69, 9.17) is 0 Å². The number of nitrogens with one attached hydrogen (secondary N) is 1. The van der Waals surface area contributed by atoms with Crippen molar-refractivity contribution in [3.63, 3.8) is 0 Å². The zero-order valence-electron chi connectivity index (χ0n) is 13.2. The fourth-order valence-corrected chi connectivity index (χ4v) is 3.31. The Morgan fingerprint density at radius 1 is 1.22 bits per heavy atom. The lowest BCUT2D eigenvalue weighted by Gasteiger charge is -2.44. The van der Waals surface area contributed by atoms with Gasteiger partial charge in [0.25, 0.3) is 5.91 Å². The first-order chi connectivity index (χ1) is 10.8. The number of carbonyl (C=O) groups is 2. The smallest absolute Gasteiger partial charge is 0.352 e. The van der Waals surface area contributed by atoms with Gasteiger partial charge in [0.05, 0.1) is 5.92 Å². The number of carbonyl (C=O) groups excluding carboxylic acids is 2. The van der Waals surface area contributed by atoms with Gasteiger partial charge in [-0.2, -0.15) is 8.78 Å². The molecule has 3 rings (SSSR count). The van der Waals surface area contributed by atoms with E-state index in [0.717, 1.165) is 17.7 Å². The van der Waals surface area contributed by atoms with E-state index in [1.807, 2.05) is 0 Å². The van der Waals surface area contributed by atoms with Crippen LogP contribution in [-0.2, 0) is 9.59 Å². The van der Waals surface area contributed by atoms with Crippen LogP contribution in [0.4, 0.5) is 8.78 Å². The molecule has 1 saturated heterocycles. The summed E-state index contributed by atoms with van der Waals surface area (Å²) in [5.74, 6) is -5.13. The first-order valence-electron chi connectivity index (χ1n) is 8.51. The number of halogens is 2. The van der Waals surface area contributed by atoms with Gasteiger partial charge in [-0.25, -0.2) is 0 Å². The first-order valence-corrected chi connectivity index (χ1v) is 8.51. The van der Waals surface area contributed by atoms with Gasteiger partial charge in [-0.3, -0.25) is 9.59 Å². The summed E-state index contributed by atoms with van der Waals surface area (Å²) in [6.45, 7) is 0.872. The normalized spacial score (nSPS) is 27.3. The molecule has 2 aliphatic carbocycles. The number of likely N-dealkylation sites (tertiary alicyclic amines) is 1. The Morgan fingerprint density at radius 3 is 2.48 bits per heavy atom. The molecule has 0 aromatic rings. The Labute approximate surface area is 134 Å². The van der Waals surface area contributed by atoms with Crippen molar-refractivity contribution in [2.24, 2.45) is 11.8 Å². The Morgan fingerprint density at radius 2 is 1.91 bits per heavy atom. The molecule has 2 saturated carbocycles. The van der Waals surface area contributed by atoms with Gasteiger partial charge in [0.1, 0.15) is 5.60 Å². The van der Waals surface area contributed by atoms with E-state index >= 15 is 0 Å². The highest BCUT2D eigenvalue weighted by Crippen LogP contribution is 2.45. The fourth-order valence-electron chi connectivity index (χ4n) is 3.31. The van der Waals surface area contributed by atoms with Crippen LogP contribution in [0.3, 0.4) is 0 Å². The van der Waals surface area contributed by atoms with Crippen LogP contribution in [-0.4, -0.2) is 53.0 Å². The monoisotopic (exact) mass is 330 g/mol. The summed E-state index contributed by atoms with van der Waals surface area (Å²) in [7, 11) is 0. The molecule has 1 atom stereocenters. The van der Waals surface area contributed by atoms with E-state index in [0.29, 0.717) is 31.7 Å². The topological polar surface area (TPSA) is 69.6 Å². The Hall–Kier alpha value is -1.24. The van der Waals surface area contributed by atoms with Gasteiger partial charge >= 0.3 is 5.92 Å². The molecule has 130 valence electrons. The summed E-state index contributed by atoms with van der Waals surface area (Å²) < 4.78 is 28.6. The highest BCUT2D eigenvalue weighted by molar-refractivity contribution is 5.86. The zero-order valence-corrected chi connectivity index (χ0v) is 13.2. The zero-order chi connectivity index (χ0) is 16.7. The van der Waals surface area contributed by atoms with Crippen molar-refractivity contribution in [2.75, 3.05) is 19.6 Å². The molecule has 0 aromatic heterocycles. The third-order valence-corrected chi connectivity index (χ3v) is 5.38. The van der Waals surface area contributed by atoms with Crippen LogP contribution in [0.25, 0.3) is 0 Å². The van der Waals surface area contributed by atoms with Gasteiger partial charge in [0.15, 0.2) is 0 Å². The molecule has 2 N–H and O–H groups in total. The van der Waals surface area contributed by atoms with E-state index in [-0.39, 0.29) is 31.8 Å². The SMILES string of the molecule is O=C(NCC1CC1)C1CCCN(C(=O)C(F)(F)C2(O)CCC2)C1. The van der Waals surface area contributed by atoms with Crippen LogP contribution in [0.15, 0.2) is 0 Å². The van der Waals surface area contributed by atoms with Gasteiger partial charge in [-0.15, -0.1) is 0 Å². The number of alkyl halides is 2.